The van der Waals surface area contributed by atoms with Gasteiger partial charge in [-0.25, -0.2) is 0 Å². The van der Waals surface area contributed by atoms with E-state index in [4.69, 9.17) is 4.74 Å². The fraction of sp³-hybridized carbons (Fsp3) is 0.333. The van der Waals surface area contributed by atoms with Crippen LogP contribution >= 0.6 is 0 Å². The molecule has 2 N–H and O–H groups in total. The SMILES string of the molecule is Cc1cc(OCC(=O)Nc2ccccc2C(=O)NC2CCCC2)ccc1[N+](=O)[O-]. The van der Waals surface area contributed by atoms with E-state index in [-0.39, 0.29) is 24.2 Å². The van der Waals surface area contributed by atoms with Crippen LogP contribution in [0.25, 0.3) is 0 Å². The van der Waals surface area contributed by atoms with Gasteiger partial charge >= 0.3 is 0 Å². The van der Waals surface area contributed by atoms with E-state index in [0.29, 0.717) is 22.6 Å². The van der Waals surface area contributed by atoms with Crippen LogP contribution < -0.4 is 15.4 Å². The maximum Gasteiger partial charge on any atom is 0.272 e. The van der Waals surface area contributed by atoms with Gasteiger partial charge in [0.15, 0.2) is 6.61 Å². The van der Waals surface area contributed by atoms with Crippen LogP contribution in [0.2, 0.25) is 0 Å². The molecule has 0 aromatic heterocycles. The number of nitrogens with zero attached hydrogens (tertiary/aromatic N) is 1. The minimum Gasteiger partial charge on any atom is -0.484 e. The summed E-state index contributed by atoms with van der Waals surface area (Å²) in [6.45, 7) is 1.32. The molecular weight excluding hydrogens is 374 g/mol. The summed E-state index contributed by atoms with van der Waals surface area (Å²) in [5, 5.41) is 16.6. The van der Waals surface area contributed by atoms with Gasteiger partial charge in [0.2, 0.25) is 0 Å². The predicted octanol–water partition coefficient (Wildman–Crippen LogP) is 3.59. The van der Waals surface area contributed by atoms with Crippen molar-refractivity contribution in [3.05, 3.63) is 63.7 Å². The van der Waals surface area contributed by atoms with E-state index in [1.807, 2.05) is 0 Å². The zero-order valence-electron chi connectivity index (χ0n) is 16.1. The van der Waals surface area contributed by atoms with E-state index in [1.165, 1.54) is 18.2 Å². The molecular formula is C21H23N3O5. The number of carbonyl (C=O) groups is 2. The first-order valence-electron chi connectivity index (χ1n) is 9.51. The molecule has 1 saturated carbocycles. The Hall–Kier alpha value is -3.42. The zero-order valence-corrected chi connectivity index (χ0v) is 16.1. The first-order valence-corrected chi connectivity index (χ1v) is 9.51. The van der Waals surface area contributed by atoms with Gasteiger partial charge < -0.3 is 15.4 Å². The molecule has 1 aliphatic carbocycles. The molecule has 0 radical (unpaired) electrons. The molecule has 2 aromatic rings. The van der Waals surface area contributed by atoms with E-state index < -0.39 is 10.8 Å². The van der Waals surface area contributed by atoms with Crippen molar-refractivity contribution in [3.8, 4) is 5.75 Å². The topological polar surface area (TPSA) is 111 Å². The van der Waals surface area contributed by atoms with Crippen LogP contribution in [0.3, 0.4) is 0 Å². The standard InChI is InChI=1S/C21H23N3O5/c1-14-12-16(10-11-19(14)24(27)28)29-13-20(25)23-18-9-5-4-8-17(18)21(26)22-15-6-2-3-7-15/h4-5,8-12,15H,2-3,6-7,13H2,1H3,(H,22,26)(H,23,25). The molecule has 1 aliphatic rings. The average Bonchev–Trinajstić information content (AvgIpc) is 3.19. The van der Waals surface area contributed by atoms with Crippen LogP contribution in [0.5, 0.6) is 5.75 Å². The number of nitro benzene ring substituents is 1. The maximum atomic E-state index is 12.6. The second-order valence-electron chi connectivity index (χ2n) is 7.04. The predicted molar refractivity (Wildman–Crippen MR) is 108 cm³/mol. The largest absolute Gasteiger partial charge is 0.484 e. The lowest BCUT2D eigenvalue weighted by Gasteiger charge is -2.15. The number of anilines is 1. The summed E-state index contributed by atoms with van der Waals surface area (Å²) in [6.07, 6.45) is 4.18. The van der Waals surface area contributed by atoms with Gasteiger partial charge in [0.1, 0.15) is 5.75 Å². The van der Waals surface area contributed by atoms with Crippen LogP contribution in [-0.4, -0.2) is 29.4 Å². The van der Waals surface area contributed by atoms with Crippen LogP contribution in [-0.2, 0) is 4.79 Å². The highest BCUT2D eigenvalue weighted by atomic mass is 16.6. The van der Waals surface area contributed by atoms with Gasteiger partial charge in [0, 0.05) is 17.7 Å². The number of para-hydroxylation sites is 1. The Morgan fingerprint density at radius 2 is 1.90 bits per heavy atom. The minimum atomic E-state index is -0.473. The number of benzene rings is 2. The lowest BCUT2D eigenvalue weighted by atomic mass is 10.1. The molecule has 3 rings (SSSR count). The summed E-state index contributed by atoms with van der Waals surface area (Å²) in [7, 11) is 0. The summed E-state index contributed by atoms with van der Waals surface area (Å²) in [5.74, 6) is -0.280. The number of rotatable bonds is 7. The highest BCUT2D eigenvalue weighted by Crippen LogP contribution is 2.23. The molecule has 0 aliphatic heterocycles. The van der Waals surface area contributed by atoms with Crippen molar-refractivity contribution in [2.24, 2.45) is 0 Å². The second kappa shape index (κ2) is 9.18. The van der Waals surface area contributed by atoms with E-state index in [9.17, 15) is 19.7 Å². The van der Waals surface area contributed by atoms with E-state index >= 15 is 0 Å². The molecule has 2 aromatic carbocycles. The minimum absolute atomic E-state index is 0.0102. The Morgan fingerprint density at radius 3 is 2.59 bits per heavy atom. The number of nitro groups is 1. The highest BCUT2D eigenvalue weighted by Gasteiger charge is 2.20. The third-order valence-corrected chi connectivity index (χ3v) is 4.87. The van der Waals surface area contributed by atoms with Crippen molar-refractivity contribution in [2.45, 2.75) is 38.6 Å². The van der Waals surface area contributed by atoms with Crippen molar-refractivity contribution < 1.29 is 19.2 Å². The first kappa shape index (κ1) is 20.3. The number of hydrogen-bond acceptors (Lipinski definition) is 5. The van der Waals surface area contributed by atoms with Crippen LogP contribution in [0, 0.1) is 17.0 Å². The summed E-state index contributed by atoms with van der Waals surface area (Å²) < 4.78 is 5.43. The van der Waals surface area contributed by atoms with Crippen molar-refractivity contribution in [2.75, 3.05) is 11.9 Å². The second-order valence-corrected chi connectivity index (χ2v) is 7.04. The van der Waals surface area contributed by atoms with E-state index in [1.54, 1.807) is 31.2 Å². The molecule has 29 heavy (non-hydrogen) atoms. The first-order chi connectivity index (χ1) is 13.9. The van der Waals surface area contributed by atoms with Gasteiger partial charge in [-0.1, -0.05) is 25.0 Å². The van der Waals surface area contributed by atoms with E-state index in [2.05, 4.69) is 10.6 Å². The van der Waals surface area contributed by atoms with Crippen molar-refractivity contribution in [1.29, 1.82) is 0 Å². The fourth-order valence-electron chi connectivity index (χ4n) is 3.38. The molecule has 0 unspecified atom stereocenters. The number of amides is 2. The van der Waals surface area contributed by atoms with Crippen LogP contribution in [0.15, 0.2) is 42.5 Å². The van der Waals surface area contributed by atoms with Crippen LogP contribution in [0.1, 0.15) is 41.6 Å². The van der Waals surface area contributed by atoms with Gasteiger partial charge in [-0.2, -0.15) is 0 Å². The molecule has 0 spiro atoms. The molecule has 0 atom stereocenters. The number of nitrogens with one attached hydrogen (secondary N) is 2. The molecule has 0 saturated heterocycles. The molecule has 8 heteroatoms. The smallest absolute Gasteiger partial charge is 0.272 e. The number of hydrogen-bond donors (Lipinski definition) is 2. The lowest BCUT2D eigenvalue weighted by molar-refractivity contribution is -0.385. The van der Waals surface area contributed by atoms with E-state index in [0.717, 1.165) is 25.7 Å². The van der Waals surface area contributed by atoms with Gasteiger partial charge in [-0.3, -0.25) is 19.7 Å². The Balaban J connectivity index is 1.60. The van der Waals surface area contributed by atoms with Crippen molar-refractivity contribution in [3.63, 3.8) is 0 Å². The molecule has 8 nitrogen and oxygen atoms in total. The summed E-state index contributed by atoms with van der Waals surface area (Å²) in [6, 6.07) is 11.3. The number of ether oxygens (including phenoxy) is 1. The zero-order chi connectivity index (χ0) is 20.8. The van der Waals surface area contributed by atoms with Crippen LogP contribution in [0.4, 0.5) is 11.4 Å². The third kappa shape index (κ3) is 5.31. The molecule has 2 amide bonds. The highest BCUT2D eigenvalue weighted by molar-refractivity contribution is 6.04. The Kier molecular flexibility index (Phi) is 6.43. The molecule has 0 bridgehead atoms. The summed E-state index contributed by atoms with van der Waals surface area (Å²) in [5.41, 5.74) is 1.25. The number of aryl methyl sites for hydroxylation is 1. The molecule has 0 heterocycles. The quantitative estimate of drug-likeness (QED) is 0.548. The van der Waals surface area contributed by atoms with Gasteiger partial charge in [0.25, 0.3) is 17.5 Å². The third-order valence-electron chi connectivity index (χ3n) is 4.87. The van der Waals surface area contributed by atoms with Gasteiger partial charge in [-0.15, -0.1) is 0 Å². The average molecular weight is 397 g/mol. The summed E-state index contributed by atoms with van der Waals surface area (Å²) >= 11 is 0. The summed E-state index contributed by atoms with van der Waals surface area (Å²) in [4.78, 5) is 35.2. The Labute approximate surface area is 168 Å². The Bertz CT molecular complexity index is 922. The fourth-order valence-corrected chi connectivity index (χ4v) is 3.38. The molecule has 1 fully saturated rings. The monoisotopic (exact) mass is 397 g/mol. The Morgan fingerprint density at radius 1 is 1.17 bits per heavy atom. The van der Waals surface area contributed by atoms with Gasteiger partial charge in [0.05, 0.1) is 16.2 Å². The lowest BCUT2D eigenvalue weighted by Crippen LogP contribution is -2.33. The normalized spacial score (nSPS) is 13.7. The van der Waals surface area contributed by atoms with Gasteiger partial charge in [-0.05, 0) is 44.0 Å². The maximum absolute atomic E-state index is 12.6. The number of carbonyl (C=O) groups excluding carboxylic acids is 2. The van der Waals surface area contributed by atoms with Crippen molar-refractivity contribution in [1.82, 2.24) is 5.32 Å². The van der Waals surface area contributed by atoms with Crippen molar-refractivity contribution >= 4 is 23.2 Å². The molecule has 152 valence electrons.